The van der Waals surface area contributed by atoms with Crippen LogP contribution in [0.5, 0.6) is 11.5 Å². The van der Waals surface area contributed by atoms with Gasteiger partial charge in [-0.05, 0) is 48.0 Å². The summed E-state index contributed by atoms with van der Waals surface area (Å²) in [4.78, 5) is 33.2. The number of nitrogens with zero attached hydrogens (tertiary/aromatic N) is 3. The summed E-state index contributed by atoms with van der Waals surface area (Å²) in [5.74, 6) is 2.06. The maximum Gasteiger partial charge on any atom is 0.267 e. The lowest BCUT2D eigenvalue weighted by Crippen LogP contribution is -2.27. The van der Waals surface area contributed by atoms with Crippen molar-refractivity contribution in [1.29, 1.82) is 0 Å². The van der Waals surface area contributed by atoms with E-state index >= 15 is 0 Å². The zero-order chi connectivity index (χ0) is 24.6. The second-order valence-corrected chi connectivity index (χ2v) is 9.67. The molecule has 36 heavy (non-hydrogen) atoms. The number of anilines is 1. The highest BCUT2D eigenvalue weighted by Crippen LogP contribution is 2.36. The third-order valence-electron chi connectivity index (χ3n) is 5.71. The number of amides is 1. The van der Waals surface area contributed by atoms with Crippen molar-refractivity contribution < 1.29 is 18.7 Å². The maximum absolute atomic E-state index is 13.4. The average Bonchev–Trinajstić information content (AvgIpc) is 3.63. The molecule has 0 bridgehead atoms. The zero-order valence-corrected chi connectivity index (χ0v) is 20.3. The van der Waals surface area contributed by atoms with Gasteiger partial charge in [0.1, 0.15) is 21.5 Å². The van der Waals surface area contributed by atoms with Crippen molar-refractivity contribution in [2.24, 2.45) is 0 Å². The normalized spacial score (nSPS) is 15.9. The number of benzene rings is 1. The Labute approximate surface area is 214 Å². The molecule has 6 rings (SSSR count). The highest BCUT2D eigenvalue weighted by atomic mass is 32.2. The lowest BCUT2D eigenvalue weighted by atomic mass is 10.2. The van der Waals surface area contributed by atoms with E-state index in [0.717, 1.165) is 17.3 Å². The van der Waals surface area contributed by atoms with Crippen LogP contribution in [-0.4, -0.2) is 31.3 Å². The molecule has 4 aromatic rings. The third kappa shape index (κ3) is 4.12. The van der Waals surface area contributed by atoms with E-state index in [-0.39, 0.29) is 30.4 Å². The minimum atomic E-state index is -0.302. The van der Waals surface area contributed by atoms with Gasteiger partial charge in [0.25, 0.3) is 11.5 Å². The molecule has 1 amide bonds. The van der Waals surface area contributed by atoms with Gasteiger partial charge in [0.15, 0.2) is 11.5 Å². The van der Waals surface area contributed by atoms with Crippen molar-refractivity contribution in [3.63, 3.8) is 0 Å². The summed E-state index contributed by atoms with van der Waals surface area (Å²) in [6.07, 6.45) is 4.77. The van der Waals surface area contributed by atoms with Crippen LogP contribution < -0.4 is 20.3 Å². The molecular formula is C25H18N4O5S2. The van der Waals surface area contributed by atoms with Crippen molar-refractivity contribution in [2.75, 3.05) is 12.1 Å². The topological polar surface area (TPSA) is 98.3 Å². The molecule has 0 aliphatic carbocycles. The molecular weight excluding hydrogens is 500 g/mol. The van der Waals surface area contributed by atoms with Gasteiger partial charge in [-0.25, -0.2) is 4.98 Å². The molecule has 2 aliphatic heterocycles. The fourth-order valence-electron chi connectivity index (χ4n) is 3.94. The van der Waals surface area contributed by atoms with E-state index in [2.05, 4.69) is 10.3 Å². The molecule has 0 radical (unpaired) electrons. The van der Waals surface area contributed by atoms with Crippen LogP contribution in [0.15, 0.2) is 75.1 Å². The van der Waals surface area contributed by atoms with Gasteiger partial charge in [0.05, 0.1) is 29.8 Å². The number of hydrogen-bond acceptors (Lipinski definition) is 9. The van der Waals surface area contributed by atoms with Crippen LogP contribution in [0.2, 0.25) is 0 Å². The fraction of sp³-hybridized carbons (Fsp3) is 0.120. The van der Waals surface area contributed by atoms with E-state index in [1.165, 1.54) is 9.30 Å². The molecule has 0 spiro atoms. The number of thioether (sulfide) groups is 1. The van der Waals surface area contributed by atoms with Gasteiger partial charge in [-0.2, -0.15) is 0 Å². The van der Waals surface area contributed by atoms with Gasteiger partial charge < -0.3 is 19.2 Å². The monoisotopic (exact) mass is 518 g/mol. The summed E-state index contributed by atoms with van der Waals surface area (Å²) >= 11 is 6.65. The molecule has 1 N–H and O–H groups in total. The molecule has 1 saturated heterocycles. The van der Waals surface area contributed by atoms with E-state index in [4.69, 9.17) is 26.1 Å². The largest absolute Gasteiger partial charge is 0.467 e. The van der Waals surface area contributed by atoms with Crippen LogP contribution in [0.3, 0.4) is 0 Å². The summed E-state index contributed by atoms with van der Waals surface area (Å²) in [6.45, 7) is 0.778. The molecule has 3 aromatic heterocycles. The lowest BCUT2D eigenvalue weighted by Gasteiger charge is -2.14. The first-order valence-corrected chi connectivity index (χ1v) is 12.2. The Balaban J connectivity index is 1.33. The van der Waals surface area contributed by atoms with Crippen LogP contribution in [0.25, 0.3) is 11.7 Å². The van der Waals surface area contributed by atoms with Crippen LogP contribution in [0.4, 0.5) is 5.82 Å². The molecule has 11 heteroatoms. The third-order valence-corrected chi connectivity index (χ3v) is 7.08. The summed E-state index contributed by atoms with van der Waals surface area (Å²) in [6, 6.07) is 14.4. The molecule has 0 unspecified atom stereocenters. The molecule has 0 atom stereocenters. The van der Waals surface area contributed by atoms with Crippen molar-refractivity contribution in [1.82, 2.24) is 14.3 Å². The Morgan fingerprint density at radius 2 is 2.00 bits per heavy atom. The zero-order valence-electron chi connectivity index (χ0n) is 18.7. The first-order valence-electron chi connectivity index (χ1n) is 11.0. The van der Waals surface area contributed by atoms with Gasteiger partial charge in [-0.1, -0.05) is 36.1 Å². The van der Waals surface area contributed by atoms with E-state index in [1.807, 2.05) is 24.3 Å². The van der Waals surface area contributed by atoms with Crippen LogP contribution >= 0.6 is 24.0 Å². The Hall–Kier alpha value is -4.09. The Kier molecular flexibility index (Phi) is 5.70. The predicted molar refractivity (Wildman–Crippen MR) is 139 cm³/mol. The minimum absolute atomic E-state index is 0.175. The van der Waals surface area contributed by atoms with Crippen LogP contribution in [0.1, 0.15) is 16.9 Å². The van der Waals surface area contributed by atoms with Crippen LogP contribution in [0, 0.1) is 0 Å². The van der Waals surface area contributed by atoms with Gasteiger partial charge in [-0.3, -0.25) is 18.9 Å². The van der Waals surface area contributed by atoms with Crippen molar-refractivity contribution >= 4 is 51.7 Å². The number of rotatable bonds is 6. The number of carbonyl (C=O) groups excluding carboxylic acids is 1. The minimum Gasteiger partial charge on any atom is -0.467 e. The second-order valence-electron chi connectivity index (χ2n) is 8.00. The number of thiocarbonyl (C=S) groups is 1. The van der Waals surface area contributed by atoms with E-state index in [9.17, 15) is 9.59 Å². The Morgan fingerprint density at radius 3 is 2.86 bits per heavy atom. The highest BCUT2D eigenvalue weighted by molar-refractivity contribution is 8.26. The number of hydrogen-bond donors (Lipinski definition) is 1. The second kappa shape index (κ2) is 9.17. The quantitative estimate of drug-likeness (QED) is 0.300. The number of pyridine rings is 1. The van der Waals surface area contributed by atoms with Crippen molar-refractivity contribution in [3.8, 4) is 11.5 Å². The summed E-state index contributed by atoms with van der Waals surface area (Å²) in [5.41, 5.74) is 1.29. The smallest absolute Gasteiger partial charge is 0.267 e. The Morgan fingerprint density at radius 1 is 1.11 bits per heavy atom. The molecule has 1 aromatic carbocycles. The average molecular weight is 519 g/mol. The number of fused-ring (bicyclic) bond motifs is 2. The molecule has 180 valence electrons. The summed E-state index contributed by atoms with van der Waals surface area (Å²) < 4.78 is 18.0. The fourth-order valence-corrected chi connectivity index (χ4v) is 5.18. The van der Waals surface area contributed by atoms with E-state index < -0.39 is 0 Å². The molecule has 9 nitrogen and oxygen atoms in total. The van der Waals surface area contributed by atoms with Crippen LogP contribution in [-0.2, 0) is 17.9 Å². The number of nitrogens with one attached hydrogen (secondary N) is 1. The Bertz CT molecular complexity index is 1600. The van der Waals surface area contributed by atoms with Crippen molar-refractivity contribution in [2.45, 2.75) is 13.1 Å². The molecule has 2 aliphatic rings. The van der Waals surface area contributed by atoms with E-state index in [0.29, 0.717) is 44.5 Å². The highest BCUT2D eigenvalue weighted by Gasteiger charge is 2.33. The van der Waals surface area contributed by atoms with Gasteiger partial charge in [-0.15, -0.1) is 0 Å². The molecule has 1 fully saturated rings. The SMILES string of the molecule is O=C1C(=Cc2c(NCc3ccco3)nc3ccccn3c2=O)SC(=S)N1Cc1ccc2c(c1)OCO2. The number of aromatic nitrogens is 2. The van der Waals surface area contributed by atoms with Gasteiger partial charge >= 0.3 is 0 Å². The molecule has 0 saturated carbocycles. The first-order chi connectivity index (χ1) is 17.6. The standard InChI is InChI=1S/C25H18N4O5S2/c30-23-17(22(26-12-16-4-3-9-32-16)27-21-5-1-2-8-28(21)23)11-20-24(31)29(25(35)36-20)13-15-6-7-18-19(10-15)34-14-33-18/h1-11,26H,12-14H2. The molecule has 5 heterocycles. The first kappa shape index (κ1) is 22.4. The van der Waals surface area contributed by atoms with Crippen molar-refractivity contribution in [3.05, 3.63) is 93.1 Å². The number of ether oxygens (including phenoxy) is 2. The predicted octanol–water partition coefficient (Wildman–Crippen LogP) is 4.03. The summed E-state index contributed by atoms with van der Waals surface area (Å²) in [5, 5.41) is 3.17. The number of carbonyl (C=O) groups is 1. The lowest BCUT2D eigenvalue weighted by molar-refractivity contribution is -0.122. The maximum atomic E-state index is 13.4. The summed E-state index contributed by atoms with van der Waals surface area (Å²) in [7, 11) is 0. The number of furan rings is 1. The van der Waals surface area contributed by atoms with Gasteiger partial charge in [0.2, 0.25) is 6.79 Å². The van der Waals surface area contributed by atoms with E-state index in [1.54, 1.807) is 42.8 Å². The van der Waals surface area contributed by atoms with Gasteiger partial charge in [0, 0.05) is 6.20 Å².